The molecule has 1 aromatic carbocycles. The monoisotopic (exact) mass is 256 g/mol. The van der Waals surface area contributed by atoms with E-state index in [1.807, 2.05) is 18.2 Å². The molecule has 1 aliphatic rings. The molecular formula is C15H16N2S. The largest absolute Gasteiger partial charge is 0.241 e. The van der Waals surface area contributed by atoms with E-state index in [0.717, 1.165) is 28.2 Å². The molecule has 0 bridgehead atoms. The predicted octanol–water partition coefficient (Wildman–Crippen LogP) is 4.97. The fourth-order valence-electron chi connectivity index (χ4n) is 2.76. The van der Waals surface area contributed by atoms with Crippen LogP contribution >= 0.6 is 11.3 Å². The van der Waals surface area contributed by atoms with E-state index in [1.54, 1.807) is 11.3 Å². The maximum Gasteiger partial charge on any atom is 0.188 e. The molecule has 0 radical (unpaired) electrons. The summed E-state index contributed by atoms with van der Waals surface area (Å²) in [4.78, 5) is 8.17. The van der Waals surface area contributed by atoms with Crippen LogP contribution in [0, 0.1) is 12.5 Å². The molecule has 1 heterocycles. The van der Waals surface area contributed by atoms with Gasteiger partial charge in [0.25, 0.3) is 0 Å². The van der Waals surface area contributed by atoms with Crippen LogP contribution in [0.1, 0.15) is 37.1 Å². The number of thiazole rings is 1. The van der Waals surface area contributed by atoms with Crippen LogP contribution in [-0.4, -0.2) is 4.98 Å². The Labute approximate surface area is 111 Å². The minimum atomic E-state index is 0.718. The SMILES string of the molecule is [C-]#[N+]c1ccc2nc(CC3CCCCC3)sc2c1. The van der Waals surface area contributed by atoms with Crippen LogP contribution in [0.3, 0.4) is 0 Å². The predicted molar refractivity (Wildman–Crippen MR) is 76.2 cm³/mol. The van der Waals surface area contributed by atoms with E-state index in [-0.39, 0.29) is 0 Å². The number of aromatic nitrogens is 1. The van der Waals surface area contributed by atoms with E-state index in [2.05, 4.69) is 4.85 Å². The number of nitrogens with zero attached hydrogens (tertiary/aromatic N) is 2. The molecule has 0 saturated heterocycles. The maximum absolute atomic E-state index is 7.04. The molecule has 3 heteroatoms. The molecule has 1 saturated carbocycles. The van der Waals surface area contributed by atoms with E-state index < -0.39 is 0 Å². The van der Waals surface area contributed by atoms with Crippen molar-refractivity contribution in [2.45, 2.75) is 38.5 Å². The van der Waals surface area contributed by atoms with Gasteiger partial charge in [-0.05, 0) is 18.1 Å². The zero-order valence-corrected chi connectivity index (χ0v) is 11.2. The minimum absolute atomic E-state index is 0.718. The van der Waals surface area contributed by atoms with Crippen molar-refractivity contribution in [2.75, 3.05) is 0 Å². The maximum atomic E-state index is 7.04. The Morgan fingerprint density at radius 1 is 1.28 bits per heavy atom. The topological polar surface area (TPSA) is 17.2 Å². The first-order chi connectivity index (χ1) is 8.85. The standard InChI is InChI=1S/C15H16N2S/c1-16-12-7-8-13-14(10-12)18-15(17-13)9-11-5-3-2-4-6-11/h7-8,10-11H,2-6,9H2. The summed E-state index contributed by atoms with van der Waals surface area (Å²) in [5.41, 5.74) is 1.77. The van der Waals surface area contributed by atoms with Gasteiger partial charge in [0.05, 0.1) is 17.1 Å². The van der Waals surface area contributed by atoms with Crippen LogP contribution < -0.4 is 0 Å². The van der Waals surface area contributed by atoms with Crippen molar-refractivity contribution in [2.24, 2.45) is 5.92 Å². The van der Waals surface area contributed by atoms with E-state index in [0.29, 0.717) is 0 Å². The van der Waals surface area contributed by atoms with Gasteiger partial charge >= 0.3 is 0 Å². The van der Waals surface area contributed by atoms with Gasteiger partial charge < -0.3 is 0 Å². The first-order valence-corrected chi connectivity index (χ1v) is 7.44. The van der Waals surface area contributed by atoms with Gasteiger partial charge in [-0.1, -0.05) is 38.2 Å². The van der Waals surface area contributed by atoms with E-state index >= 15 is 0 Å². The molecule has 0 N–H and O–H groups in total. The van der Waals surface area contributed by atoms with Crippen molar-refractivity contribution >= 4 is 27.2 Å². The smallest absolute Gasteiger partial charge is 0.188 e. The molecule has 0 atom stereocenters. The van der Waals surface area contributed by atoms with E-state index in [9.17, 15) is 0 Å². The Bertz CT molecular complexity index is 588. The molecule has 1 aliphatic carbocycles. The third-order valence-electron chi connectivity index (χ3n) is 3.73. The van der Waals surface area contributed by atoms with Gasteiger partial charge in [0.2, 0.25) is 0 Å². The van der Waals surface area contributed by atoms with Gasteiger partial charge in [0.1, 0.15) is 0 Å². The molecule has 0 amide bonds. The number of hydrogen-bond donors (Lipinski definition) is 0. The Morgan fingerprint density at radius 3 is 2.89 bits per heavy atom. The summed E-state index contributed by atoms with van der Waals surface area (Å²) < 4.78 is 1.16. The fraction of sp³-hybridized carbons (Fsp3) is 0.467. The molecule has 3 rings (SSSR count). The lowest BCUT2D eigenvalue weighted by atomic mass is 9.87. The normalized spacial score (nSPS) is 16.8. The average Bonchev–Trinajstić information content (AvgIpc) is 2.80. The Morgan fingerprint density at radius 2 is 2.11 bits per heavy atom. The second-order valence-corrected chi connectivity index (χ2v) is 6.19. The van der Waals surface area contributed by atoms with Crippen LogP contribution in [0.5, 0.6) is 0 Å². The summed E-state index contributed by atoms with van der Waals surface area (Å²) in [6, 6.07) is 5.80. The van der Waals surface area contributed by atoms with Crippen molar-refractivity contribution in [1.29, 1.82) is 0 Å². The molecule has 0 spiro atoms. The summed E-state index contributed by atoms with van der Waals surface area (Å²) in [5, 5.41) is 1.25. The van der Waals surface area contributed by atoms with Crippen molar-refractivity contribution in [3.05, 3.63) is 34.6 Å². The molecule has 0 unspecified atom stereocenters. The first-order valence-electron chi connectivity index (χ1n) is 6.62. The summed E-state index contributed by atoms with van der Waals surface area (Å²) >= 11 is 1.77. The van der Waals surface area contributed by atoms with Gasteiger partial charge in [-0.3, -0.25) is 0 Å². The molecule has 2 nitrogen and oxygen atoms in total. The lowest BCUT2D eigenvalue weighted by Crippen LogP contribution is -2.08. The van der Waals surface area contributed by atoms with E-state index in [4.69, 9.17) is 11.6 Å². The zero-order chi connectivity index (χ0) is 12.4. The third kappa shape index (κ3) is 2.39. The highest BCUT2D eigenvalue weighted by atomic mass is 32.1. The summed E-state index contributed by atoms with van der Waals surface area (Å²) in [5.74, 6) is 0.833. The fourth-order valence-corrected chi connectivity index (χ4v) is 3.87. The molecule has 0 aliphatic heterocycles. The second-order valence-electron chi connectivity index (χ2n) is 5.08. The summed E-state index contributed by atoms with van der Waals surface area (Å²) in [6.07, 6.45) is 8.04. The van der Waals surface area contributed by atoms with Crippen LogP contribution in [0.15, 0.2) is 18.2 Å². The van der Waals surface area contributed by atoms with Crippen LogP contribution in [0.2, 0.25) is 0 Å². The van der Waals surface area contributed by atoms with Gasteiger partial charge in [-0.25, -0.2) is 9.83 Å². The average molecular weight is 256 g/mol. The van der Waals surface area contributed by atoms with Crippen LogP contribution in [0.4, 0.5) is 5.69 Å². The van der Waals surface area contributed by atoms with Gasteiger partial charge in [0, 0.05) is 11.1 Å². The highest BCUT2D eigenvalue weighted by Gasteiger charge is 2.16. The quantitative estimate of drug-likeness (QED) is 0.693. The molecule has 1 aromatic heterocycles. The lowest BCUT2D eigenvalue weighted by molar-refractivity contribution is 0.356. The molecule has 92 valence electrons. The molecule has 18 heavy (non-hydrogen) atoms. The van der Waals surface area contributed by atoms with Crippen molar-refractivity contribution < 1.29 is 0 Å². The minimum Gasteiger partial charge on any atom is -0.241 e. The van der Waals surface area contributed by atoms with Gasteiger partial charge in [0.15, 0.2) is 5.69 Å². The number of hydrogen-bond acceptors (Lipinski definition) is 2. The molecule has 1 fully saturated rings. The lowest BCUT2D eigenvalue weighted by Gasteiger charge is -2.20. The van der Waals surface area contributed by atoms with Gasteiger partial charge in [-0.2, -0.15) is 0 Å². The second kappa shape index (κ2) is 5.07. The van der Waals surface area contributed by atoms with Crippen molar-refractivity contribution in [3.63, 3.8) is 0 Å². The Kier molecular flexibility index (Phi) is 3.29. The number of benzene rings is 1. The third-order valence-corrected chi connectivity index (χ3v) is 4.77. The first kappa shape index (κ1) is 11.7. The van der Waals surface area contributed by atoms with Crippen LogP contribution in [-0.2, 0) is 6.42 Å². The highest BCUT2D eigenvalue weighted by molar-refractivity contribution is 7.18. The summed E-state index contributed by atoms with van der Waals surface area (Å²) in [7, 11) is 0. The van der Waals surface area contributed by atoms with Crippen molar-refractivity contribution in [1.82, 2.24) is 4.98 Å². The molecular weight excluding hydrogens is 240 g/mol. The van der Waals surface area contributed by atoms with Crippen LogP contribution in [0.25, 0.3) is 15.1 Å². The Balaban J connectivity index is 1.82. The van der Waals surface area contributed by atoms with E-state index in [1.165, 1.54) is 37.1 Å². The molecule has 2 aromatic rings. The summed E-state index contributed by atoms with van der Waals surface area (Å²) in [6.45, 7) is 7.04. The van der Waals surface area contributed by atoms with Crippen molar-refractivity contribution in [3.8, 4) is 0 Å². The zero-order valence-electron chi connectivity index (χ0n) is 10.4. The number of rotatable bonds is 2. The number of fused-ring (bicyclic) bond motifs is 1. The Hall–Kier alpha value is -1.40. The van der Waals surface area contributed by atoms with Gasteiger partial charge in [-0.15, -0.1) is 11.3 Å². The highest BCUT2D eigenvalue weighted by Crippen LogP contribution is 2.31.